The maximum Gasteiger partial charge on any atom is 0.306 e. The fourth-order valence-corrected chi connectivity index (χ4v) is 8.61. The number of ether oxygens (including phenoxy) is 4. The predicted octanol–water partition coefficient (Wildman–Crippen LogP) is 11.7. The first-order valence-corrected chi connectivity index (χ1v) is 27.7. The van der Waals surface area contributed by atoms with Gasteiger partial charge in [-0.1, -0.05) is 198 Å². The van der Waals surface area contributed by atoms with E-state index >= 15 is 0 Å². The summed E-state index contributed by atoms with van der Waals surface area (Å²) < 4.78 is 54.2. The van der Waals surface area contributed by atoms with E-state index in [2.05, 4.69) is 50.3 Å². The molecule has 0 aromatic heterocycles. The molecule has 6 atom stereocenters. The molecular weight excluding hydrogens is 849 g/mol. The summed E-state index contributed by atoms with van der Waals surface area (Å²) in [5.74, 6) is -2.00. The molecule has 1 aliphatic rings. The second-order valence-electron chi connectivity index (χ2n) is 18.2. The molecule has 12 nitrogen and oxygen atoms in total. The highest BCUT2D eigenvalue weighted by atomic mass is 32.2. The summed E-state index contributed by atoms with van der Waals surface area (Å²) in [6, 6.07) is 0. The van der Waals surface area contributed by atoms with Crippen molar-refractivity contribution < 1.29 is 56.8 Å². The summed E-state index contributed by atoms with van der Waals surface area (Å²) in [6.45, 7) is 3.75. The molecule has 0 amide bonds. The largest absolute Gasteiger partial charge is 0.462 e. The van der Waals surface area contributed by atoms with E-state index in [1.54, 1.807) is 0 Å². The van der Waals surface area contributed by atoms with Crippen LogP contribution in [0.5, 0.6) is 0 Å². The minimum absolute atomic E-state index is 0.140. The Bertz CT molecular complexity index is 1330. The predicted molar refractivity (Wildman–Crippen MR) is 261 cm³/mol. The van der Waals surface area contributed by atoms with E-state index in [1.165, 1.54) is 122 Å². The van der Waals surface area contributed by atoms with Crippen molar-refractivity contribution in [3.63, 3.8) is 0 Å². The number of carbonyl (C=O) groups excluding carboxylic acids is 2. The van der Waals surface area contributed by atoms with Gasteiger partial charge in [-0.25, -0.2) is 0 Å². The fourth-order valence-electron chi connectivity index (χ4n) is 7.92. The lowest BCUT2D eigenvalue weighted by molar-refractivity contribution is -0.297. The summed E-state index contributed by atoms with van der Waals surface area (Å²) in [6.07, 6.45) is 40.4. The quantitative estimate of drug-likeness (QED) is 0.0196. The summed E-state index contributed by atoms with van der Waals surface area (Å²) in [4.78, 5) is 25.5. The van der Waals surface area contributed by atoms with Crippen LogP contribution in [0, 0.1) is 0 Å². The van der Waals surface area contributed by atoms with Crippen LogP contribution in [0.3, 0.4) is 0 Å². The molecule has 4 N–H and O–H groups in total. The monoisotopic (exact) mass is 943 g/mol. The standard InChI is InChI=1S/C52H94O12S/c1-3-5-7-9-11-13-15-17-19-21-22-23-25-26-28-30-32-34-36-38-40-47(53)61-42-45(43-62-52-51(57)50(56)49(55)46(64-52)44-65(58,59)60)63-48(54)41-39-37-35-33-31-29-27-24-20-18-16-14-12-10-8-6-4-2/h12,14,18,20,27,29,45-46,49-52,55-57H,3-11,13,15-17,19,21-26,28,30-44H2,1-2H3,(H,58,59,60)/b14-12+,20-18+,29-27+/t45-,46-,49-,50?,51?,52+/m1/s1. The van der Waals surface area contributed by atoms with Gasteiger partial charge in [0.15, 0.2) is 12.4 Å². The van der Waals surface area contributed by atoms with E-state index in [0.29, 0.717) is 12.8 Å². The number of rotatable bonds is 44. The number of hydrogen-bond donors (Lipinski definition) is 4. The van der Waals surface area contributed by atoms with E-state index in [9.17, 15) is 37.9 Å². The maximum atomic E-state index is 12.9. The van der Waals surface area contributed by atoms with E-state index in [1.807, 2.05) is 0 Å². The summed E-state index contributed by atoms with van der Waals surface area (Å²) in [5.41, 5.74) is 0. The smallest absolute Gasteiger partial charge is 0.306 e. The molecule has 65 heavy (non-hydrogen) atoms. The van der Waals surface area contributed by atoms with E-state index in [0.717, 1.165) is 64.2 Å². The maximum absolute atomic E-state index is 12.9. The van der Waals surface area contributed by atoms with Crippen molar-refractivity contribution in [2.24, 2.45) is 0 Å². The number of carbonyl (C=O) groups is 2. The average molecular weight is 943 g/mol. The molecular formula is C52H94O12S. The van der Waals surface area contributed by atoms with Gasteiger partial charge in [0.25, 0.3) is 10.1 Å². The topological polar surface area (TPSA) is 186 Å². The van der Waals surface area contributed by atoms with Gasteiger partial charge in [-0.3, -0.25) is 14.1 Å². The summed E-state index contributed by atoms with van der Waals surface area (Å²) in [5, 5.41) is 31.0. The lowest BCUT2D eigenvalue weighted by Gasteiger charge is -2.40. The number of hydrogen-bond acceptors (Lipinski definition) is 11. The third-order valence-corrected chi connectivity index (χ3v) is 12.7. The first-order chi connectivity index (χ1) is 31.5. The van der Waals surface area contributed by atoms with Crippen LogP contribution in [0.4, 0.5) is 0 Å². The van der Waals surface area contributed by atoms with Crippen molar-refractivity contribution in [3.05, 3.63) is 36.5 Å². The first-order valence-electron chi connectivity index (χ1n) is 26.0. The van der Waals surface area contributed by atoms with Gasteiger partial charge in [0.2, 0.25) is 0 Å². The molecule has 1 fully saturated rings. The van der Waals surface area contributed by atoms with Crippen molar-refractivity contribution in [1.82, 2.24) is 0 Å². The van der Waals surface area contributed by atoms with Crippen LogP contribution >= 0.6 is 0 Å². The average Bonchev–Trinajstić information content (AvgIpc) is 3.27. The minimum atomic E-state index is -4.61. The number of aliphatic hydroxyl groups is 3. The zero-order valence-electron chi connectivity index (χ0n) is 40.8. The third-order valence-electron chi connectivity index (χ3n) is 12.0. The number of aliphatic hydroxyl groups excluding tert-OH is 3. The van der Waals surface area contributed by atoms with E-state index in [4.69, 9.17) is 18.9 Å². The fraction of sp³-hybridized carbons (Fsp3) is 0.846. The first kappa shape index (κ1) is 60.9. The SMILES string of the molecule is CCCCC/C=C/C/C=C/C/C=C/CCCCCCC(=O)O[C@H](COC(=O)CCCCCCCCCCCCCCCCCCCCCC)CO[C@H]1O[C@H](CS(=O)(=O)O)[C@@H](O)C(O)C1O. The Kier molecular flexibility index (Phi) is 39.4. The highest BCUT2D eigenvalue weighted by Crippen LogP contribution is 2.24. The van der Waals surface area contributed by atoms with Crippen molar-refractivity contribution in [1.29, 1.82) is 0 Å². The van der Waals surface area contributed by atoms with Crippen molar-refractivity contribution in [2.45, 2.75) is 263 Å². The zero-order valence-corrected chi connectivity index (χ0v) is 41.7. The van der Waals surface area contributed by atoms with Gasteiger partial charge in [0.05, 0.1) is 6.61 Å². The summed E-state index contributed by atoms with van der Waals surface area (Å²) >= 11 is 0. The molecule has 380 valence electrons. The molecule has 2 unspecified atom stereocenters. The molecule has 1 rings (SSSR count). The second kappa shape index (κ2) is 42.0. The Hall–Kier alpha value is -2.13. The van der Waals surface area contributed by atoms with Crippen LogP contribution < -0.4 is 0 Å². The molecule has 0 spiro atoms. The van der Waals surface area contributed by atoms with Crippen LogP contribution in [0.1, 0.15) is 226 Å². The van der Waals surface area contributed by atoms with Crippen LogP contribution in [0.15, 0.2) is 36.5 Å². The van der Waals surface area contributed by atoms with Crippen LogP contribution in [0.2, 0.25) is 0 Å². The molecule has 0 bridgehead atoms. The van der Waals surface area contributed by atoms with Gasteiger partial charge < -0.3 is 34.3 Å². The highest BCUT2D eigenvalue weighted by Gasteiger charge is 2.46. The van der Waals surface area contributed by atoms with Gasteiger partial charge in [0, 0.05) is 12.8 Å². The van der Waals surface area contributed by atoms with Gasteiger partial charge in [-0.05, 0) is 51.4 Å². The van der Waals surface area contributed by atoms with Gasteiger partial charge >= 0.3 is 11.9 Å². The lowest BCUT2D eigenvalue weighted by Crippen LogP contribution is -2.60. The highest BCUT2D eigenvalue weighted by molar-refractivity contribution is 7.85. The molecule has 1 saturated heterocycles. The molecule has 0 aliphatic carbocycles. The van der Waals surface area contributed by atoms with Crippen LogP contribution in [-0.4, -0.2) is 96.0 Å². The Morgan fingerprint density at radius 2 is 0.923 bits per heavy atom. The van der Waals surface area contributed by atoms with Crippen molar-refractivity contribution in [3.8, 4) is 0 Å². The van der Waals surface area contributed by atoms with Crippen LogP contribution in [0.25, 0.3) is 0 Å². The van der Waals surface area contributed by atoms with E-state index < -0.39 is 71.2 Å². The molecule has 0 radical (unpaired) electrons. The normalized spacial score (nSPS) is 19.8. The zero-order chi connectivity index (χ0) is 47.6. The van der Waals surface area contributed by atoms with Gasteiger partial charge in [-0.15, -0.1) is 0 Å². The Labute approximate surface area is 395 Å². The van der Waals surface area contributed by atoms with Crippen molar-refractivity contribution in [2.75, 3.05) is 19.0 Å². The molecule has 0 aromatic rings. The Morgan fingerprint density at radius 1 is 0.523 bits per heavy atom. The Morgan fingerprint density at radius 3 is 1.40 bits per heavy atom. The minimum Gasteiger partial charge on any atom is -0.462 e. The molecule has 1 heterocycles. The summed E-state index contributed by atoms with van der Waals surface area (Å²) in [7, 11) is -4.61. The van der Waals surface area contributed by atoms with Gasteiger partial charge in [0.1, 0.15) is 36.8 Å². The lowest BCUT2D eigenvalue weighted by atomic mass is 10.00. The van der Waals surface area contributed by atoms with Crippen molar-refractivity contribution >= 4 is 22.1 Å². The molecule has 13 heteroatoms. The van der Waals surface area contributed by atoms with Crippen LogP contribution in [-0.2, 0) is 38.7 Å². The number of unbranched alkanes of at least 4 members (excludes halogenated alkanes) is 26. The molecule has 0 aromatic carbocycles. The number of allylic oxidation sites excluding steroid dienone is 6. The third kappa shape index (κ3) is 36.6. The molecule has 0 saturated carbocycles. The van der Waals surface area contributed by atoms with E-state index in [-0.39, 0.29) is 19.4 Å². The van der Waals surface area contributed by atoms with Gasteiger partial charge in [-0.2, -0.15) is 8.42 Å². The molecule has 1 aliphatic heterocycles. The number of esters is 2. The Balaban J connectivity index is 2.37. The second-order valence-corrected chi connectivity index (χ2v) is 19.7.